The third-order valence-electron chi connectivity index (χ3n) is 13.6. The number of ketones is 1. The molecule has 0 radical (unpaired) electrons. The van der Waals surface area contributed by atoms with Crippen LogP contribution in [0.2, 0.25) is 0 Å². The summed E-state index contributed by atoms with van der Waals surface area (Å²) < 4.78 is 30.2. The van der Waals surface area contributed by atoms with Gasteiger partial charge in [0.1, 0.15) is 23.9 Å². The third kappa shape index (κ3) is 7.66. The van der Waals surface area contributed by atoms with Crippen molar-refractivity contribution in [3.8, 4) is 0 Å². The number of carbonyl (C=O) groups is 6. The van der Waals surface area contributed by atoms with Crippen molar-refractivity contribution >= 4 is 35.6 Å². The van der Waals surface area contributed by atoms with Crippen LogP contribution in [0.1, 0.15) is 90.2 Å². The van der Waals surface area contributed by atoms with Gasteiger partial charge in [-0.1, -0.05) is 69.3 Å². The number of aliphatic hydroxyl groups excluding tert-OH is 3. The molecule has 330 valence electrons. The Labute approximate surface area is 353 Å². The van der Waals surface area contributed by atoms with Gasteiger partial charge in [0, 0.05) is 32.1 Å². The summed E-state index contributed by atoms with van der Waals surface area (Å²) in [5.74, 6) is -7.95. The molecule has 1 aliphatic heterocycles. The molecule has 6 rings (SSSR count). The standard InChI is InChI=1S/C45H55NO15/c1-22(24(3)47)39(53)46-33(27-15-11-9-12-16-27)34(51)41(55)59-29-20-45(56)38(60-40(54)28-17-13-10-14-18-28)36-43(8,30(50)19-31-44(36,21-57-31)61-26(5)49)37(52)35(58-25(4)48)32(23(29)2)42(45,6)7/h9-18,22,24,29-31,33-36,38,47,50-51,56H,19-21H2,1-8H3,(H,46,53)/t22?,24?,29-,30+,31+,33-,34+,35+,36-,38-,43+,44-,45+/m0/s1. The van der Waals surface area contributed by atoms with E-state index in [9.17, 15) is 44.4 Å². The van der Waals surface area contributed by atoms with Crippen molar-refractivity contribution < 1.29 is 72.9 Å². The van der Waals surface area contributed by atoms with Crippen LogP contribution in [0.3, 0.4) is 0 Å². The van der Waals surface area contributed by atoms with Crippen molar-refractivity contribution in [2.75, 3.05) is 6.61 Å². The minimum absolute atomic E-state index is 0.0198. The van der Waals surface area contributed by atoms with E-state index in [2.05, 4.69) is 5.32 Å². The number of aliphatic hydroxyl groups is 4. The number of Topliss-reactive ketones (excluding diaryl/α,β-unsaturated/α-hetero) is 1. The van der Waals surface area contributed by atoms with Crippen molar-refractivity contribution in [3.63, 3.8) is 0 Å². The highest BCUT2D eigenvalue weighted by Gasteiger charge is 2.78. The monoisotopic (exact) mass is 849 g/mol. The second-order valence-electron chi connectivity index (χ2n) is 17.6. The van der Waals surface area contributed by atoms with Gasteiger partial charge in [-0.05, 0) is 49.6 Å². The maximum atomic E-state index is 15.5. The van der Waals surface area contributed by atoms with Gasteiger partial charge in [-0.15, -0.1) is 0 Å². The molecule has 13 atom stereocenters. The maximum Gasteiger partial charge on any atom is 0.338 e. The minimum atomic E-state index is -2.41. The number of nitrogens with one attached hydrogen (secondary N) is 1. The zero-order chi connectivity index (χ0) is 45.0. The number of rotatable bonds is 11. The molecule has 1 saturated heterocycles. The molecular formula is C45H55NO15. The zero-order valence-electron chi connectivity index (χ0n) is 35.4. The van der Waals surface area contributed by atoms with Crippen LogP contribution >= 0.6 is 0 Å². The second-order valence-corrected chi connectivity index (χ2v) is 17.6. The van der Waals surface area contributed by atoms with E-state index in [0.29, 0.717) is 5.56 Å². The summed E-state index contributed by atoms with van der Waals surface area (Å²) in [6.07, 6.45) is -11.7. The number of benzene rings is 2. The summed E-state index contributed by atoms with van der Waals surface area (Å²) in [5.41, 5.74) is -7.41. The first-order chi connectivity index (χ1) is 28.5. The van der Waals surface area contributed by atoms with Crippen molar-refractivity contribution in [2.45, 2.75) is 128 Å². The minimum Gasteiger partial charge on any atom is -0.456 e. The molecule has 2 unspecified atom stereocenters. The Balaban J connectivity index is 1.54. The molecule has 3 fully saturated rings. The average Bonchev–Trinajstić information content (AvgIpc) is 3.20. The van der Waals surface area contributed by atoms with Crippen LogP contribution in [0.15, 0.2) is 71.8 Å². The van der Waals surface area contributed by atoms with Crippen molar-refractivity contribution in [2.24, 2.45) is 22.7 Å². The summed E-state index contributed by atoms with van der Waals surface area (Å²) in [6.45, 7) is 10.8. The lowest BCUT2D eigenvalue weighted by molar-refractivity contribution is -0.346. The van der Waals surface area contributed by atoms with Gasteiger partial charge in [-0.25, -0.2) is 9.59 Å². The van der Waals surface area contributed by atoms with E-state index in [0.717, 1.165) is 13.8 Å². The molecule has 3 aliphatic carbocycles. The van der Waals surface area contributed by atoms with Gasteiger partial charge < -0.3 is 49.4 Å². The number of amides is 1. The van der Waals surface area contributed by atoms with E-state index in [1.807, 2.05) is 0 Å². The van der Waals surface area contributed by atoms with Crippen LogP contribution in [-0.2, 0) is 47.7 Å². The number of hydrogen-bond donors (Lipinski definition) is 5. The largest absolute Gasteiger partial charge is 0.456 e. The average molecular weight is 850 g/mol. The summed E-state index contributed by atoms with van der Waals surface area (Å²) in [4.78, 5) is 83.0. The van der Waals surface area contributed by atoms with E-state index in [1.54, 1.807) is 62.4 Å². The lowest BCUT2D eigenvalue weighted by atomic mass is 9.44. The first-order valence-electron chi connectivity index (χ1n) is 20.3. The van der Waals surface area contributed by atoms with E-state index in [1.165, 1.54) is 39.8 Å². The molecule has 2 saturated carbocycles. The van der Waals surface area contributed by atoms with Gasteiger partial charge in [0.25, 0.3) is 0 Å². The third-order valence-corrected chi connectivity index (χ3v) is 13.6. The first-order valence-corrected chi connectivity index (χ1v) is 20.3. The molecule has 16 heteroatoms. The van der Waals surface area contributed by atoms with Crippen LogP contribution < -0.4 is 5.32 Å². The highest BCUT2D eigenvalue weighted by atomic mass is 16.6. The van der Waals surface area contributed by atoms with Crippen LogP contribution in [0, 0.1) is 22.7 Å². The molecular weight excluding hydrogens is 794 g/mol. The summed E-state index contributed by atoms with van der Waals surface area (Å²) in [7, 11) is 0. The van der Waals surface area contributed by atoms with Crippen LogP contribution in [0.4, 0.5) is 0 Å². The zero-order valence-corrected chi connectivity index (χ0v) is 35.4. The molecule has 61 heavy (non-hydrogen) atoms. The van der Waals surface area contributed by atoms with Gasteiger partial charge in [0.15, 0.2) is 23.6 Å². The van der Waals surface area contributed by atoms with Gasteiger partial charge in [0.2, 0.25) is 5.91 Å². The molecule has 2 aromatic carbocycles. The predicted molar refractivity (Wildman–Crippen MR) is 213 cm³/mol. The van der Waals surface area contributed by atoms with E-state index in [4.69, 9.17) is 23.7 Å². The van der Waals surface area contributed by atoms with Gasteiger partial charge in [-0.3, -0.25) is 19.2 Å². The second kappa shape index (κ2) is 16.7. The first kappa shape index (κ1) is 45.5. The smallest absolute Gasteiger partial charge is 0.338 e. The highest BCUT2D eigenvalue weighted by Crippen LogP contribution is 2.64. The van der Waals surface area contributed by atoms with Crippen LogP contribution in [0.25, 0.3) is 0 Å². The van der Waals surface area contributed by atoms with Crippen molar-refractivity contribution in [1.29, 1.82) is 0 Å². The Hall–Kier alpha value is -5.00. The lowest BCUT2D eigenvalue weighted by Gasteiger charge is -2.67. The number of fused-ring (bicyclic) bond motifs is 5. The number of esters is 4. The Morgan fingerprint density at radius 1 is 0.885 bits per heavy atom. The number of carbonyl (C=O) groups excluding carboxylic acids is 6. The van der Waals surface area contributed by atoms with Gasteiger partial charge >= 0.3 is 23.9 Å². The number of ether oxygens (including phenoxy) is 5. The molecule has 1 heterocycles. The Bertz CT molecular complexity index is 2090. The molecule has 4 aliphatic rings. The normalized spacial score (nSPS) is 33.3. The molecule has 2 aromatic rings. The highest BCUT2D eigenvalue weighted by molar-refractivity contribution is 5.95. The van der Waals surface area contributed by atoms with E-state index < -0.39 is 125 Å². The SMILES string of the molecule is CC(=O)O[C@H]1C(=O)[C@]2(C)[C@H](O)C[C@H]3OC[C@@]3(OC(C)=O)[C@H]2[C@H](OC(=O)c2ccccc2)[C@]2(O)C[C@H](OC(=O)[C@H](O)[C@@H](NC(=O)C(C)C(C)O)c3ccccc3)C(C)=C1C2(C)C. The van der Waals surface area contributed by atoms with Crippen LogP contribution in [-0.4, -0.2) is 117 Å². The quantitative estimate of drug-likeness (QED) is 0.124. The molecule has 2 bridgehead atoms. The topological polar surface area (TPSA) is 242 Å². The summed E-state index contributed by atoms with van der Waals surface area (Å²) >= 11 is 0. The number of hydrogen-bond acceptors (Lipinski definition) is 15. The Kier molecular flexibility index (Phi) is 12.5. The molecule has 1 amide bonds. The summed E-state index contributed by atoms with van der Waals surface area (Å²) in [5, 5.41) is 50.1. The Morgan fingerprint density at radius 3 is 2.03 bits per heavy atom. The van der Waals surface area contributed by atoms with Gasteiger partial charge in [0.05, 0.1) is 47.7 Å². The van der Waals surface area contributed by atoms with Crippen LogP contribution in [0.5, 0.6) is 0 Å². The van der Waals surface area contributed by atoms with Gasteiger partial charge in [-0.2, -0.15) is 0 Å². The lowest BCUT2D eigenvalue weighted by Crippen LogP contribution is -2.82. The molecule has 0 aromatic heterocycles. The predicted octanol–water partition coefficient (Wildman–Crippen LogP) is 2.44. The molecule has 5 N–H and O–H groups in total. The van der Waals surface area contributed by atoms with E-state index >= 15 is 4.79 Å². The van der Waals surface area contributed by atoms with Crippen molar-refractivity contribution in [1.82, 2.24) is 5.32 Å². The van der Waals surface area contributed by atoms with Crippen molar-refractivity contribution in [3.05, 3.63) is 82.9 Å². The van der Waals surface area contributed by atoms with E-state index in [-0.39, 0.29) is 29.7 Å². The molecule has 0 spiro atoms. The summed E-state index contributed by atoms with van der Waals surface area (Å²) in [6, 6.07) is 14.5. The fourth-order valence-corrected chi connectivity index (χ4v) is 9.87. The Morgan fingerprint density at radius 2 is 1.49 bits per heavy atom. The maximum absolute atomic E-state index is 15.5. The fraction of sp³-hybridized carbons (Fsp3) is 0.556. The fourth-order valence-electron chi connectivity index (χ4n) is 9.87. The molecule has 16 nitrogen and oxygen atoms in total.